The van der Waals surface area contributed by atoms with E-state index in [1.165, 1.54) is 5.56 Å². The lowest BCUT2D eigenvalue weighted by molar-refractivity contribution is 0.102. The van der Waals surface area contributed by atoms with Gasteiger partial charge in [0.2, 0.25) is 5.43 Å². The predicted molar refractivity (Wildman–Crippen MR) is 100 cm³/mol. The molecule has 4 rings (SSSR count). The smallest absolute Gasteiger partial charge is 0.261 e. The number of para-hydroxylation sites is 1. The fourth-order valence-electron chi connectivity index (χ4n) is 3.72. The minimum Gasteiger partial charge on any atom is -0.343 e. The van der Waals surface area contributed by atoms with Crippen LogP contribution in [0.3, 0.4) is 0 Å². The van der Waals surface area contributed by atoms with E-state index < -0.39 is 0 Å². The molecule has 1 aliphatic rings. The maximum atomic E-state index is 12.9. The van der Waals surface area contributed by atoms with Crippen molar-refractivity contribution in [1.82, 2.24) is 4.57 Å². The molecule has 0 unspecified atom stereocenters. The number of carbonyl (C=O) groups is 1. The summed E-state index contributed by atoms with van der Waals surface area (Å²) in [7, 11) is 0. The van der Waals surface area contributed by atoms with Gasteiger partial charge in [0, 0.05) is 23.3 Å². The van der Waals surface area contributed by atoms with E-state index in [1.54, 1.807) is 6.20 Å². The van der Waals surface area contributed by atoms with Crippen molar-refractivity contribution in [3.05, 3.63) is 75.1 Å². The molecule has 1 atom stereocenters. The number of hydrogen-bond donors (Lipinski definition) is 1. The Bertz CT molecular complexity index is 1080. The molecule has 1 amide bonds. The average molecular weight is 332 g/mol. The first kappa shape index (κ1) is 15.6. The van der Waals surface area contributed by atoms with E-state index in [0.717, 1.165) is 28.8 Å². The van der Waals surface area contributed by atoms with Crippen LogP contribution in [0, 0.1) is 13.8 Å². The van der Waals surface area contributed by atoms with Gasteiger partial charge in [-0.3, -0.25) is 9.59 Å². The summed E-state index contributed by atoms with van der Waals surface area (Å²) >= 11 is 0. The van der Waals surface area contributed by atoms with Gasteiger partial charge in [-0.15, -0.1) is 0 Å². The molecule has 126 valence electrons. The van der Waals surface area contributed by atoms with E-state index in [9.17, 15) is 9.59 Å². The second-order valence-corrected chi connectivity index (χ2v) is 6.92. The van der Waals surface area contributed by atoms with E-state index in [4.69, 9.17) is 0 Å². The zero-order valence-corrected chi connectivity index (χ0v) is 14.6. The van der Waals surface area contributed by atoms with Crippen LogP contribution in [0.15, 0.2) is 47.4 Å². The average Bonchev–Trinajstić information content (AvgIpc) is 2.89. The Hall–Kier alpha value is -2.88. The lowest BCUT2D eigenvalue weighted by Crippen LogP contribution is -2.24. The molecule has 1 aromatic heterocycles. The first-order chi connectivity index (χ1) is 12.0. The fourth-order valence-corrected chi connectivity index (χ4v) is 3.72. The quantitative estimate of drug-likeness (QED) is 0.771. The van der Waals surface area contributed by atoms with Crippen molar-refractivity contribution >= 4 is 22.5 Å². The van der Waals surface area contributed by atoms with Gasteiger partial charge >= 0.3 is 0 Å². The maximum absolute atomic E-state index is 12.9. The number of carbonyl (C=O) groups excluding carboxylic acids is 1. The van der Waals surface area contributed by atoms with Crippen molar-refractivity contribution in [3.63, 3.8) is 0 Å². The molecule has 1 N–H and O–H groups in total. The fraction of sp³-hybridized carbons (Fsp3) is 0.238. The topological polar surface area (TPSA) is 51.1 Å². The molecule has 4 heteroatoms. The Morgan fingerprint density at radius 1 is 1.20 bits per heavy atom. The van der Waals surface area contributed by atoms with Crippen LogP contribution in [0.5, 0.6) is 0 Å². The number of nitrogens with one attached hydrogen (secondary N) is 1. The molecule has 0 aliphatic carbocycles. The minimum atomic E-state index is -0.355. The van der Waals surface area contributed by atoms with Crippen molar-refractivity contribution < 1.29 is 4.79 Å². The van der Waals surface area contributed by atoms with Gasteiger partial charge < -0.3 is 9.88 Å². The summed E-state index contributed by atoms with van der Waals surface area (Å²) in [6, 6.07) is 11.8. The summed E-state index contributed by atoms with van der Waals surface area (Å²) in [5.41, 5.74) is 4.97. The standard InChI is InChI=1S/C21H20N2O2/c1-12-7-8-18(13(2)9-12)22-21(25)17-11-23-14(3)10-15-5-4-6-16(19(15)23)20(17)24/h4-9,11,14H,10H2,1-3H3,(H,22,25)/t14-/m1/s1. The number of aryl methyl sites for hydroxylation is 2. The Balaban J connectivity index is 1.81. The highest BCUT2D eigenvalue weighted by molar-refractivity contribution is 6.06. The highest BCUT2D eigenvalue weighted by Gasteiger charge is 2.24. The van der Waals surface area contributed by atoms with Crippen molar-refractivity contribution in [1.29, 1.82) is 0 Å². The monoisotopic (exact) mass is 332 g/mol. The molecule has 0 radical (unpaired) electrons. The molecule has 0 saturated heterocycles. The van der Waals surface area contributed by atoms with Gasteiger partial charge in [-0.1, -0.05) is 29.8 Å². The largest absolute Gasteiger partial charge is 0.343 e. The van der Waals surface area contributed by atoms with Gasteiger partial charge in [0.05, 0.1) is 5.52 Å². The van der Waals surface area contributed by atoms with Crippen molar-refractivity contribution in [2.45, 2.75) is 33.2 Å². The molecular weight excluding hydrogens is 312 g/mol. The third-order valence-corrected chi connectivity index (χ3v) is 5.00. The van der Waals surface area contributed by atoms with Crippen molar-refractivity contribution in [2.75, 3.05) is 5.32 Å². The maximum Gasteiger partial charge on any atom is 0.261 e. The van der Waals surface area contributed by atoms with Crippen LogP contribution in [0.25, 0.3) is 10.9 Å². The third kappa shape index (κ3) is 2.45. The number of pyridine rings is 1. The van der Waals surface area contributed by atoms with Gasteiger partial charge in [0.1, 0.15) is 5.56 Å². The Morgan fingerprint density at radius 2 is 2.00 bits per heavy atom. The van der Waals surface area contributed by atoms with Crippen LogP contribution in [0.4, 0.5) is 5.69 Å². The second kappa shape index (κ2) is 5.59. The Kier molecular flexibility index (Phi) is 3.49. The molecule has 0 spiro atoms. The molecular formula is C21H20N2O2. The molecule has 3 aromatic rings. The van der Waals surface area contributed by atoms with E-state index in [1.807, 2.05) is 44.2 Å². The summed E-state index contributed by atoms with van der Waals surface area (Å²) in [5.74, 6) is -0.355. The normalized spacial score (nSPS) is 15.6. The molecule has 4 nitrogen and oxygen atoms in total. The Labute approximate surface area is 146 Å². The van der Waals surface area contributed by atoms with Gasteiger partial charge in [-0.05, 0) is 50.5 Å². The molecule has 0 fully saturated rings. The third-order valence-electron chi connectivity index (χ3n) is 5.00. The number of anilines is 1. The van der Waals surface area contributed by atoms with Crippen LogP contribution < -0.4 is 10.7 Å². The molecule has 1 aliphatic heterocycles. The van der Waals surface area contributed by atoms with Crippen LogP contribution in [0.2, 0.25) is 0 Å². The molecule has 25 heavy (non-hydrogen) atoms. The highest BCUT2D eigenvalue weighted by atomic mass is 16.2. The molecule has 2 heterocycles. The number of rotatable bonds is 2. The predicted octanol–water partition coefficient (Wildman–Crippen LogP) is 3.99. The van der Waals surface area contributed by atoms with Crippen LogP contribution in [-0.4, -0.2) is 10.5 Å². The Morgan fingerprint density at radius 3 is 2.76 bits per heavy atom. The van der Waals surface area contributed by atoms with Gasteiger partial charge in [0.25, 0.3) is 5.91 Å². The van der Waals surface area contributed by atoms with Gasteiger partial charge in [-0.25, -0.2) is 0 Å². The number of amides is 1. The van der Waals surface area contributed by atoms with Gasteiger partial charge in [-0.2, -0.15) is 0 Å². The summed E-state index contributed by atoms with van der Waals surface area (Å²) in [6.45, 7) is 6.06. The lowest BCUT2D eigenvalue weighted by Gasteiger charge is -2.13. The minimum absolute atomic E-state index is 0.193. The van der Waals surface area contributed by atoms with E-state index >= 15 is 0 Å². The van der Waals surface area contributed by atoms with E-state index in [0.29, 0.717) is 5.39 Å². The molecule has 0 bridgehead atoms. The first-order valence-electron chi connectivity index (χ1n) is 8.51. The number of nitrogens with zero attached hydrogens (tertiary/aromatic N) is 1. The molecule has 2 aromatic carbocycles. The zero-order valence-electron chi connectivity index (χ0n) is 14.6. The number of aromatic nitrogens is 1. The second-order valence-electron chi connectivity index (χ2n) is 6.92. The molecule has 0 saturated carbocycles. The summed E-state index contributed by atoms with van der Waals surface area (Å²) in [5, 5.41) is 3.51. The summed E-state index contributed by atoms with van der Waals surface area (Å²) in [4.78, 5) is 25.6. The van der Waals surface area contributed by atoms with Crippen LogP contribution >= 0.6 is 0 Å². The summed E-state index contributed by atoms with van der Waals surface area (Å²) < 4.78 is 2.06. The van der Waals surface area contributed by atoms with E-state index in [-0.39, 0.29) is 22.9 Å². The highest BCUT2D eigenvalue weighted by Crippen LogP contribution is 2.31. The van der Waals surface area contributed by atoms with Crippen LogP contribution in [-0.2, 0) is 6.42 Å². The van der Waals surface area contributed by atoms with Crippen molar-refractivity contribution in [3.8, 4) is 0 Å². The van der Waals surface area contributed by atoms with Gasteiger partial charge in [0.15, 0.2) is 0 Å². The zero-order chi connectivity index (χ0) is 17.7. The SMILES string of the molecule is Cc1ccc(NC(=O)c2cn3c4c(cccc4c2=O)C[C@H]3C)c(C)c1. The van der Waals surface area contributed by atoms with E-state index in [2.05, 4.69) is 22.9 Å². The van der Waals surface area contributed by atoms with Crippen LogP contribution in [0.1, 0.15) is 40.0 Å². The number of benzene rings is 2. The lowest BCUT2D eigenvalue weighted by atomic mass is 10.1. The number of hydrogen-bond acceptors (Lipinski definition) is 2. The summed E-state index contributed by atoms with van der Waals surface area (Å²) in [6.07, 6.45) is 2.60. The van der Waals surface area contributed by atoms with Crippen molar-refractivity contribution in [2.24, 2.45) is 0 Å². The first-order valence-corrected chi connectivity index (χ1v) is 8.51.